The zero-order valence-electron chi connectivity index (χ0n) is 21.0. The average Bonchev–Trinajstić information content (AvgIpc) is 2.87. The second-order valence-electron chi connectivity index (χ2n) is 8.53. The van der Waals surface area contributed by atoms with E-state index < -0.39 is 0 Å². The Morgan fingerprint density at radius 2 is 1.57 bits per heavy atom. The van der Waals surface area contributed by atoms with Gasteiger partial charge < -0.3 is 29.2 Å². The number of carbonyl (C=O) groups excluding carboxylic acids is 1. The molecule has 0 heterocycles. The number of nitrogens with zero attached hydrogens (tertiary/aromatic N) is 1. The van der Waals surface area contributed by atoms with Gasteiger partial charge in [-0.3, -0.25) is 0 Å². The van der Waals surface area contributed by atoms with Crippen molar-refractivity contribution in [1.82, 2.24) is 4.90 Å². The van der Waals surface area contributed by atoms with Gasteiger partial charge in [0.25, 0.3) is 0 Å². The molecule has 3 aromatic rings. The van der Waals surface area contributed by atoms with Crippen molar-refractivity contribution in [1.29, 1.82) is 0 Å². The van der Waals surface area contributed by atoms with Gasteiger partial charge in [0.2, 0.25) is 0 Å². The van der Waals surface area contributed by atoms with E-state index >= 15 is 0 Å². The molecule has 0 atom stereocenters. The molecular weight excluding hydrogens is 444 g/mol. The molecule has 0 spiro atoms. The molecule has 0 fully saturated rings. The Morgan fingerprint density at radius 1 is 0.829 bits per heavy atom. The summed E-state index contributed by atoms with van der Waals surface area (Å²) in [6, 6.07) is 20.8. The van der Waals surface area contributed by atoms with Crippen molar-refractivity contribution < 1.29 is 23.7 Å². The highest BCUT2D eigenvalue weighted by atomic mass is 16.5. The number of urea groups is 1. The number of nitrogens with one attached hydrogen (secondary N) is 1. The van der Waals surface area contributed by atoms with Crippen LogP contribution in [0.4, 0.5) is 10.5 Å². The number of methoxy groups -OCH3 is 3. The second kappa shape index (κ2) is 12.6. The van der Waals surface area contributed by atoms with Crippen molar-refractivity contribution in [3.05, 3.63) is 77.9 Å². The first-order valence-electron chi connectivity index (χ1n) is 11.5. The fraction of sp³-hybridized carbons (Fsp3) is 0.321. The Labute approximate surface area is 207 Å². The lowest BCUT2D eigenvalue weighted by Gasteiger charge is -2.26. The first kappa shape index (κ1) is 25.7. The normalized spacial score (nSPS) is 10.6. The van der Waals surface area contributed by atoms with Crippen LogP contribution in [0.1, 0.15) is 25.0 Å². The van der Waals surface area contributed by atoms with Crippen molar-refractivity contribution in [2.75, 3.05) is 33.2 Å². The van der Waals surface area contributed by atoms with Gasteiger partial charge in [0.15, 0.2) is 11.5 Å². The molecule has 35 heavy (non-hydrogen) atoms. The van der Waals surface area contributed by atoms with Gasteiger partial charge in [-0.15, -0.1) is 0 Å². The predicted octanol–water partition coefficient (Wildman–Crippen LogP) is 5.98. The minimum atomic E-state index is -0.217. The molecule has 3 aromatic carbocycles. The molecule has 3 rings (SSSR count). The molecular formula is C28H34N2O5. The number of hydrogen-bond donors (Lipinski definition) is 1. The highest BCUT2D eigenvalue weighted by Crippen LogP contribution is 2.31. The summed E-state index contributed by atoms with van der Waals surface area (Å²) in [5, 5.41) is 2.97. The summed E-state index contributed by atoms with van der Waals surface area (Å²) in [5.74, 6) is 2.75. The molecule has 0 bridgehead atoms. The molecule has 7 nitrogen and oxygen atoms in total. The zero-order valence-corrected chi connectivity index (χ0v) is 21.0. The quantitative estimate of drug-likeness (QED) is 0.367. The monoisotopic (exact) mass is 478 g/mol. The lowest BCUT2D eigenvalue weighted by atomic mass is 10.1. The molecule has 0 aromatic heterocycles. The largest absolute Gasteiger partial charge is 0.497 e. The number of benzene rings is 3. The standard InChI is InChI=1S/C28H34N2O5/c1-20(2)17-30(28(31)29-24-13-12-23(32-3)16-26(24)33-4)18-22-11-14-25(27(15-22)34-5)35-19-21-9-7-6-8-10-21/h6-16,20H,17-19H2,1-5H3,(H,29,31). The Kier molecular flexibility index (Phi) is 9.23. The highest BCUT2D eigenvalue weighted by molar-refractivity contribution is 5.91. The van der Waals surface area contributed by atoms with Crippen LogP contribution in [-0.2, 0) is 13.2 Å². The summed E-state index contributed by atoms with van der Waals surface area (Å²) < 4.78 is 22.2. The number of amides is 2. The second-order valence-corrected chi connectivity index (χ2v) is 8.53. The maximum absolute atomic E-state index is 13.2. The summed E-state index contributed by atoms with van der Waals surface area (Å²) in [7, 11) is 4.76. The summed E-state index contributed by atoms with van der Waals surface area (Å²) in [6.45, 7) is 5.60. The van der Waals surface area contributed by atoms with Crippen LogP contribution in [0.25, 0.3) is 0 Å². The molecule has 7 heteroatoms. The SMILES string of the molecule is COc1ccc(NC(=O)N(Cc2ccc(OCc3ccccc3)c(OC)c2)CC(C)C)c(OC)c1. The third kappa shape index (κ3) is 7.30. The van der Waals surface area contributed by atoms with E-state index in [1.165, 1.54) is 0 Å². The number of hydrogen-bond acceptors (Lipinski definition) is 5. The third-order valence-corrected chi connectivity index (χ3v) is 5.36. The smallest absolute Gasteiger partial charge is 0.322 e. The fourth-order valence-corrected chi connectivity index (χ4v) is 3.64. The molecule has 1 N–H and O–H groups in total. The summed E-state index contributed by atoms with van der Waals surface area (Å²) in [5.41, 5.74) is 2.59. The predicted molar refractivity (Wildman–Crippen MR) is 138 cm³/mol. The zero-order chi connectivity index (χ0) is 25.2. The average molecular weight is 479 g/mol. The minimum Gasteiger partial charge on any atom is -0.497 e. The van der Waals surface area contributed by atoms with Crippen LogP contribution in [0.5, 0.6) is 23.0 Å². The van der Waals surface area contributed by atoms with E-state index in [-0.39, 0.29) is 11.9 Å². The number of anilines is 1. The molecule has 0 saturated carbocycles. The molecule has 0 aliphatic carbocycles. The summed E-state index contributed by atoms with van der Waals surface area (Å²) in [6.07, 6.45) is 0. The Morgan fingerprint density at radius 3 is 2.23 bits per heavy atom. The Hall–Kier alpha value is -3.87. The van der Waals surface area contributed by atoms with E-state index in [2.05, 4.69) is 19.2 Å². The maximum atomic E-state index is 13.2. The van der Waals surface area contributed by atoms with Gasteiger partial charge >= 0.3 is 6.03 Å². The lowest BCUT2D eigenvalue weighted by molar-refractivity contribution is 0.201. The number of ether oxygens (including phenoxy) is 4. The third-order valence-electron chi connectivity index (χ3n) is 5.36. The summed E-state index contributed by atoms with van der Waals surface area (Å²) >= 11 is 0. The first-order valence-corrected chi connectivity index (χ1v) is 11.5. The van der Waals surface area contributed by atoms with Gasteiger partial charge in [0.05, 0.1) is 27.0 Å². The van der Waals surface area contributed by atoms with Crippen LogP contribution in [0, 0.1) is 5.92 Å². The van der Waals surface area contributed by atoms with E-state index in [1.807, 2.05) is 48.5 Å². The van der Waals surface area contributed by atoms with Crippen molar-refractivity contribution in [3.63, 3.8) is 0 Å². The van der Waals surface area contributed by atoms with Crippen molar-refractivity contribution >= 4 is 11.7 Å². The van der Waals surface area contributed by atoms with Gasteiger partial charge in [0.1, 0.15) is 18.1 Å². The Balaban J connectivity index is 1.74. The molecule has 0 aliphatic rings. The van der Waals surface area contributed by atoms with E-state index in [9.17, 15) is 4.79 Å². The fourth-order valence-electron chi connectivity index (χ4n) is 3.64. The molecule has 186 valence electrons. The number of carbonyl (C=O) groups is 1. The van der Waals surface area contributed by atoms with E-state index in [1.54, 1.807) is 44.4 Å². The van der Waals surface area contributed by atoms with Gasteiger partial charge in [-0.05, 0) is 41.3 Å². The van der Waals surface area contributed by atoms with Crippen LogP contribution < -0.4 is 24.3 Å². The minimum absolute atomic E-state index is 0.217. The van der Waals surface area contributed by atoms with Crippen molar-refractivity contribution in [2.45, 2.75) is 27.0 Å². The van der Waals surface area contributed by atoms with Gasteiger partial charge in [-0.25, -0.2) is 4.79 Å². The maximum Gasteiger partial charge on any atom is 0.322 e. The highest BCUT2D eigenvalue weighted by Gasteiger charge is 2.19. The van der Waals surface area contributed by atoms with Crippen molar-refractivity contribution in [3.8, 4) is 23.0 Å². The first-order chi connectivity index (χ1) is 16.9. The van der Waals surface area contributed by atoms with E-state index in [4.69, 9.17) is 18.9 Å². The van der Waals surface area contributed by atoms with Crippen LogP contribution in [0.15, 0.2) is 66.7 Å². The number of rotatable bonds is 11. The van der Waals surface area contributed by atoms with Crippen LogP contribution in [0.3, 0.4) is 0 Å². The van der Waals surface area contributed by atoms with Gasteiger partial charge in [-0.1, -0.05) is 50.2 Å². The van der Waals surface area contributed by atoms with Crippen LogP contribution in [-0.4, -0.2) is 38.8 Å². The van der Waals surface area contributed by atoms with Crippen LogP contribution in [0.2, 0.25) is 0 Å². The van der Waals surface area contributed by atoms with Gasteiger partial charge in [0, 0.05) is 19.2 Å². The van der Waals surface area contributed by atoms with Crippen LogP contribution >= 0.6 is 0 Å². The molecule has 0 unspecified atom stereocenters. The molecule has 0 aliphatic heterocycles. The van der Waals surface area contributed by atoms with E-state index in [0.29, 0.717) is 48.4 Å². The molecule has 2 amide bonds. The Bertz CT molecular complexity index is 1100. The van der Waals surface area contributed by atoms with Gasteiger partial charge in [-0.2, -0.15) is 0 Å². The molecule has 0 radical (unpaired) electrons. The lowest BCUT2D eigenvalue weighted by Crippen LogP contribution is -2.37. The topological polar surface area (TPSA) is 69.3 Å². The summed E-state index contributed by atoms with van der Waals surface area (Å²) in [4.78, 5) is 15.0. The van der Waals surface area contributed by atoms with Crippen molar-refractivity contribution in [2.24, 2.45) is 5.92 Å². The van der Waals surface area contributed by atoms with E-state index in [0.717, 1.165) is 11.1 Å². The molecule has 0 saturated heterocycles.